The molecule has 15 valence electrons. The molecule has 0 aromatic heterocycles. The van der Waals surface area contributed by atoms with Crippen molar-refractivity contribution in [3.8, 4) is 0 Å². The Labute approximate surface area is 80.1 Å². The summed E-state index contributed by atoms with van der Waals surface area (Å²) in [5, 5.41) is 0. The topological polar surface area (TPSA) is 0 Å². The van der Waals surface area contributed by atoms with Gasteiger partial charge in [-0.3, -0.25) is 0 Å². The van der Waals surface area contributed by atoms with Crippen LogP contribution in [-0.2, 0) is 58.3 Å². The Balaban J connectivity index is 0. The molecule has 3 radical (unpaired) electrons. The first-order chi connectivity index (χ1) is 0. The van der Waals surface area contributed by atoms with Crippen molar-refractivity contribution in [1.29, 1.82) is 0 Å². The van der Waals surface area contributed by atoms with Crippen molar-refractivity contribution < 1.29 is 58.3 Å². The molecule has 0 unspecified atom stereocenters. The molecule has 4 heteroatoms. The van der Waals surface area contributed by atoms with Crippen LogP contribution in [0.25, 0.3) is 0 Å². The normalized spacial score (nSPS) is 0. The van der Waals surface area contributed by atoms with Gasteiger partial charge in [0.05, 0.1) is 0 Å². The minimum Gasteiger partial charge on any atom is 0 e. The zero-order chi connectivity index (χ0) is 0. The predicted octanol–water partition coefficient (Wildman–Crippen LogP) is -0.388. The molecule has 0 amide bonds. The van der Waals surface area contributed by atoms with Gasteiger partial charge in [-0.2, -0.15) is 0 Å². The molecular formula is MgMnTiZn. The fraction of sp³-hybridized carbons (Fsp3) is 0. The van der Waals surface area contributed by atoms with Gasteiger partial charge in [-0.1, -0.05) is 0 Å². The fourth-order valence-corrected chi connectivity index (χ4v) is 0. The second kappa shape index (κ2) is 17.5. The summed E-state index contributed by atoms with van der Waals surface area (Å²) in [6.45, 7) is 0. The van der Waals surface area contributed by atoms with Crippen molar-refractivity contribution in [3.63, 3.8) is 0 Å². The van der Waals surface area contributed by atoms with E-state index in [0.29, 0.717) is 0 Å². The van der Waals surface area contributed by atoms with Crippen LogP contribution >= 0.6 is 0 Å². The third-order valence-corrected chi connectivity index (χ3v) is 0. The summed E-state index contributed by atoms with van der Waals surface area (Å²) in [6, 6.07) is 0. The average molecular weight is 192 g/mol. The molecule has 0 heterocycles. The molecule has 0 bridgehead atoms. The summed E-state index contributed by atoms with van der Waals surface area (Å²) >= 11 is 0. The van der Waals surface area contributed by atoms with Crippen molar-refractivity contribution in [2.24, 2.45) is 0 Å². The molecule has 0 nitrogen and oxygen atoms in total. The van der Waals surface area contributed by atoms with E-state index in [2.05, 4.69) is 0 Å². The molecule has 0 aliphatic carbocycles. The Morgan fingerprint density at radius 1 is 1.00 bits per heavy atom. The molecule has 0 spiro atoms. The Kier molecular flexibility index (Phi) is 133. The molecule has 0 saturated carbocycles. The summed E-state index contributed by atoms with van der Waals surface area (Å²) in [5.41, 5.74) is 0. The van der Waals surface area contributed by atoms with Gasteiger partial charge in [0.25, 0.3) is 0 Å². The van der Waals surface area contributed by atoms with E-state index in [1.807, 2.05) is 0 Å². The first kappa shape index (κ1) is 30.4. The third kappa shape index (κ3) is 8.82. The molecule has 0 aromatic rings. The molecule has 0 atom stereocenters. The zero-order valence-electron chi connectivity index (χ0n) is 2.29. The van der Waals surface area contributed by atoms with Gasteiger partial charge in [0, 0.05) is 81.3 Å². The van der Waals surface area contributed by atoms with Gasteiger partial charge < -0.3 is 0 Å². The molecule has 0 rings (SSSR count). The number of hydrogen-bond donors (Lipinski definition) is 0. The van der Waals surface area contributed by atoms with Crippen LogP contribution in [0, 0.1) is 0 Å². The second-order valence-electron chi connectivity index (χ2n) is 0. The molecule has 0 aliphatic heterocycles. The van der Waals surface area contributed by atoms with Gasteiger partial charge >= 0.3 is 0 Å². The van der Waals surface area contributed by atoms with Crippen molar-refractivity contribution in [1.82, 2.24) is 0 Å². The van der Waals surface area contributed by atoms with Crippen LogP contribution in [0.5, 0.6) is 0 Å². The number of hydrogen-bond acceptors (Lipinski definition) is 0. The Bertz CT molecular complexity index is 8.00. The SMILES string of the molecule is [Mg].[Mn].[Ti].[Zn]. The maximum atomic E-state index is 0. The van der Waals surface area contributed by atoms with E-state index in [1.165, 1.54) is 0 Å². The Morgan fingerprint density at radius 2 is 1.00 bits per heavy atom. The van der Waals surface area contributed by atoms with E-state index in [9.17, 15) is 0 Å². The fourth-order valence-electron chi connectivity index (χ4n) is 0. The summed E-state index contributed by atoms with van der Waals surface area (Å²) in [4.78, 5) is 0. The molecule has 0 aliphatic rings. The van der Waals surface area contributed by atoms with E-state index in [0.717, 1.165) is 0 Å². The maximum Gasteiger partial charge on any atom is 0 e. The first-order valence-corrected chi connectivity index (χ1v) is 0. The summed E-state index contributed by atoms with van der Waals surface area (Å²) in [5.74, 6) is 0. The van der Waals surface area contributed by atoms with Crippen LogP contribution in [0.1, 0.15) is 0 Å². The Hall–Kier alpha value is 2.62. The van der Waals surface area contributed by atoms with E-state index in [-0.39, 0.29) is 81.3 Å². The van der Waals surface area contributed by atoms with Crippen molar-refractivity contribution in [2.75, 3.05) is 0 Å². The maximum absolute atomic E-state index is 0. The summed E-state index contributed by atoms with van der Waals surface area (Å²) in [6.07, 6.45) is 0. The minimum absolute atomic E-state index is 0. The van der Waals surface area contributed by atoms with E-state index < -0.39 is 0 Å². The predicted molar refractivity (Wildman–Crippen MR) is 5.75 cm³/mol. The zero-order valence-corrected chi connectivity index (χ0v) is 9.42. The van der Waals surface area contributed by atoms with E-state index in [1.54, 1.807) is 0 Å². The van der Waals surface area contributed by atoms with Gasteiger partial charge in [-0.15, -0.1) is 0 Å². The van der Waals surface area contributed by atoms with Crippen molar-refractivity contribution in [3.05, 3.63) is 0 Å². The van der Waals surface area contributed by atoms with Crippen LogP contribution in [-0.4, -0.2) is 23.1 Å². The molecule has 0 N–H and O–H groups in total. The van der Waals surface area contributed by atoms with Crippen LogP contribution in [0.15, 0.2) is 0 Å². The van der Waals surface area contributed by atoms with Crippen molar-refractivity contribution in [2.45, 2.75) is 0 Å². The minimum atomic E-state index is 0. The summed E-state index contributed by atoms with van der Waals surface area (Å²) in [7, 11) is 0. The molecular weight excluding hydrogens is 192 g/mol. The van der Waals surface area contributed by atoms with Crippen molar-refractivity contribution >= 4 is 23.1 Å². The van der Waals surface area contributed by atoms with Gasteiger partial charge in [0.15, 0.2) is 0 Å². The monoisotopic (exact) mass is 191 g/mol. The largest absolute Gasteiger partial charge is 0 e. The molecule has 0 aromatic carbocycles. The number of rotatable bonds is 0. The quantitative estimate of drug-likeness (QED) is 0.459. The van der Waals surface area contributed by atoms with Gasteiger partial charge in [0.2, 0.25) is 0 Å². The van der Waals surface area contributed by atoms with Gasteiger partial charge in [0.1, 0.15) is 0 Å². The second-order valence-corrected chi connectivity index (χ2v) is 0. The average Bonchev–Trinajstić information content (AvgIpc) is 0. The van der Waals surface area contributed by atoms with Gasteiger partial charge in [-0.05, 0) is 0 Å². The van der Waals surface area contributed by atoms with Crippen LogP contribution in [0.2, 0.25) is 0 Å². The first-order valence-electron chi connectivity index (χ1n) is 0. The van der Waals surface area contributed by atoms with Crippen LogP contribution in [0.3, 0.4) is 0 Å². The van der Waals surface area contributed by atoms with Gasteiger partial charge in [-0.25, -0.2) is 0 Å². The van der Waals surface area contributed by atoms with Crippen LogP contribution in [0.4, 0.5) is 0 Å². The molecule has 4 heavy (non-hydrogen) atoms. The molecule has 0 fully saturated rings. The smallest absolute Gasteiger partial charge is 0 e. The van der Waals surface area contributed by atoms with Crippen LogP contribution < -0.4 is 0 Å². The molecule has 0 saturated heterocycles. The summed E-state index contributed by atoms with van der Waals surface area (Å²) < 4.78 is 0. The standard InChI is InChI=1S/Mg.Mn.Ti.Zn. The third-order valence-electron chi connectivity index (χ3n) is 0. The van der Waals surface area contributed by atoms with E-state index >= 15 is 0 Å². The Morgan fingerprint density at radius 3 is 1.00 bits per heavy atom. The van der Waals surface area contributed by atoms with E-state index in [4.69, 9.17) is 0 Å².